The number of fused-ring (bicyclic) bond motifs is 9. The maximum absolute atomic E-state index is 7.20. The molecule has 0 spiro atoms. The Morgan fingerprint density at radius 3 is 1.57 bits per heavy atom. The molecular weight excluding hydrogens is 763 g/mol. The summed E-state index contributed by atoms with van der Waals surface area (Å²) in [5.41, 5.74) is 23.2. The lowest BCUT2D eigenvalue weighted by atomic mass is 9.79. The third-order valence-electron chi connectivity index (χ3n) is 14.6. The van der Waals surface area contributed by atoms with Crippen molar-refractivity contribution in [2.45, 2.75) is 124 Å². The minimum Gasteiger partial charge on any atom is -0.455 e. The van der Waals surface area contributed by atoms with Crippen molar-refractivity contribution in [3.05, 3.63) is 172 Å². The van der Waals surface area contributed by atoms with Gasteiger partial charge in [0.2, 0.25) is 0 Å². The fourth-order valence-corrected chi connectivity index (χ4v) is 10.7. The molecule has 0 atom stereocenters. The minimum absolute atomic E-state index is 0.00745. The average Bonchev–Trinajstić information content (AvgIpc) is 3.79. The smallest absolute Gasteiger partial charge is 0.143 e. The lowest BCUT2D eigenvalue weighted by Gasteiger charge is -2.31. The van der Waals surface area contributed by atoms with Crippen molar-refractivity contribution in [2.24, 2.45) is 0 Å². The van der Waals surface area contributed by atoms with E-state index in [0.29, 0.717) is 0 Å². The zero-order chi connectivity index (χ0) is 44.8. The zero-order valence-corrected chi connectivity index (χ0v) is 40.0. The van der Waals surface area contributed by atoms with Crippen LogP contribution in [0.15, 0.2) is 132 Å². The Hall–Kier alpha value is -5.86. The van der Waals surface area contributed by atoms with E-state index in [0.717, 1.165) is 44.7 Å². The van der Waals surface area contributed by atoms with Gasteiger partial charge >= 0.3 is 0 Å². The monoisotopic (exact) mass is 825 g/mol. The quantitative estimate of drug-likeness (QED) is 0.176. The number of rotatable bonds is 4. The second kappa shape index (κ2) is 13.6. The first-order valence-corrected chi connectivity index (χ1v) is 23.0. The highest BCUT2D eigenvalue weighted by Crippen LogP contribution is 2.55. The molecule has 0 bridgehead atoms. The third-order valence-corrected chi connectivity index (χ3v) is 14.6. The molecule has 2 heteroatoms. The molecule has 2 aliphatic carbocycles. The number of hydrogen-bond donors (Lipinski definition) is 0. The van der Waals surface area contributed by atoms with Gasteiger partial charge in [0.1, 0.15) is 11.2 Å². The second-order valence-corrected chi connectivity index (χ2v) is 22.8. The van der Waals surface area contributed by atoms with Gasteiger partial charge in [0.05, 0.1) is 5.69 Å². The van der Waals surface area contributed by atoms with Crippen molar-refractivity contribution in [2.75, 3.05) is 4.90 Å². The third kappa shape index (κ3) is 6.34. The van der Waals surface area contributed by atoms with Crippen molar-refractivity contribution in [3.8, 4) is 33.4 Å². The van der Waals surface area contributed by atoms with Crippen molar-refractivity contribution in [1.29, 1.82) is 0 Å². The molecule has 0 radical (unpaired) electrons. The first-order valence-electron chi connectivity index (χ1n) is 23.0. The molecule has 2 aliphatic rings. The van der Waals surface area contributed by atoms with Gasteiger partial charge in [0, 0.05) is 49.7 Å². The first kappa shape index (κ1) is 41.2. The summed E-state index contributed by atoms with van der Waals surface area (Å²) in [6.45, 7) is 32.6. The van der Waals surface area contributed by atoms with Gasteiger partial charge in [-0.25, -0.2) is 0 Å². The average molecular weight is 826 g/mol. The van der Waals surface area contributed by atoms with Crippen LogP contribution in [-0.2, 0) is 27.1 Å². The Morgan fingerprint density at radius 1 is 0.413 bits per heavy atom. The van der Waals surface area contributed by atoms with E-state index in [4.69, 9.17) is 4.42 Å². The summed E-state index contributed by atoms with van der Waals surface area (Å²) in [6, 6.07) is 49.0. The lowest BCUT2D eigenvalue weighted by molar-refractivity contribution is 0.559. The number of nitrogens with zero attached hydrogens (tertiary/aromatic N) is 1. The zero-order valence-electron chi connectivity index (χ0n) is 40.0. The molecule has 318 valence electrons. The normalized spacial score (nSPS) is 15.1. The van der Waals surface area contributed by atoms with Gasteiger partial charge < -0.3 is 9.32 Å². The molecule has 7 aromatic carbocycles. The predicted octanol–water partition coefficient (Wildman–Crippen LogP) is 17.5. The molecule has 0 fully saturated rings. The molecule has 0 saturated heterocycles. The van der Waals surface area contributed by atoms with Gasteiger partial charge in [0.15, 0.2) is 0 Å². The van der Waals surface area contributed by atoms with Gasteiger partial charge in [-0.1, -0.05) is 181 Å². The molecule has 1 aromatic heterocycles. The minimum atomic E-state index is -0.179. The van der Waals surface area contributed by atoms with Crippen LogP contribution in [0.25, 0.3) is 55.3 Å². The van der Waals surface area contributed by atoms with E-state index in [1.807, 2.05) is 0 Å². The van der Waals surface area contributed by atoms with Crippen LogP contribution < -0.4 is 4.90 Å². The Bertz CT molecular complexity index is 3180. The van der Waals surface area contributed by atoms with Crippen LogP contribution in [-0.4, -0.2) is 0 Å². The Kier molecular flexibility index (Phi) is 8.87. The summed E-state index contributed by atoms with van der Waals surface area (Å²) in [4.78, 5) is 2.53. The standard InChI is InChI=1S/C61H63NO/c1-36-22-26-45(46-19-17-20-47-48-31-38(58(5,6)7)33-53(59(8,9)10)56(48)63-55(46)47)54(30-36)62(39-24-28-43-41-18-15-16-21-49(41)60(11,12)51(43)34-39)40-25-29-44-42-27-23-37(57(2,3)4)32-50(42)61(13,14)52(44)35-40/h15-35H,1-14H3. The summed E-state index contributed by atoms with van der Waals surface area (Å²) in [7, 11) is 0. The lowest BCUT2D eigenvalue weighted by Crippen LogP contribution is -2.19. The van der Waals surface area contributed by atoms with Gasteiger partial charge in [0.25, 0.3) is 0 Å². The summed E-state index contributed by atoms with van der Waals surface area (Å²) in [5, 5.41) is 2.34. The van der Waals surface area contributed by atoms with Crippen LogP contribution in [0.3, 0.4) is 0 Å². The van der Waals surface area contributed by atoms with E-state index in [-0.39, 0.29) is 27.1 Å². The number of para-hydroxylation sites is 1. The molecule has 0 unspecified atom stereocenters. The second-order valence-electron chi connectivity index (χ2n) is 22.8. The molecule has 0 aliphatic heterocycles. The summed E-state index contributed by atoms with van der Waals surface area (Å²) in [5.74, 6) is 0. The van der Waals surface area contributed by atoms with Crippen molar-refractivity contribution >= 4 is 39.0 Å². The van der Waals surface area contributed by atoms with Crippen molar-refractivity contribution < 1.29 is 4.42 Å². The highest BCUT2D eigenvalue weighted by atomic mass is 16.3. The largest absolute Gasteiger partial charge is 0.455 e. The fourth-order valence-electron chi connectivity index (χ4n) is 10.7. The van der Waals surface area contributed by atoms with Crippen LogP contribution in [0.1, 0.15) is 135 Å². The Balaban J connectivity index is 1.23. The maximum atomic E-state index is 7.20. The molecule has 1 heterocycles. The number of hydrogen-bond acceptors (Lipinski definition) is 2. The number of anilines is 3. The summed E-state index contributed by atoms with van der Waals surface area (Å²) >= 11 is 0. The number of benzene rings is 7. The van der Waals surface area contributed by atoms with Crippen molar-refractivity contribution in [3.63, 3.8) is 0 Å². The number of furan rings is 1. The Morgan fingerprint density at radius 2 is 0.952 bits per heavy atom. The SMILES string of the molecule is Cc1ccc(-c2cccc3c2oc2c(C(C)(C)C)cc(C(C)(C)C)cc23)c(N(c2ccc3c(c2)C(C)(C)c2ccccc2-3)c2ccc3c(c2)C(C)(C)c2cc(C(C)(C)C)ccc2-3)c1. The number of aryl methyl sites for hydroxylation is 1. The van der Waals surface area contributed by atoms with E-state index < -0.39 is 0 Å². The van der Waals surface area contributed by atoms with E-state index >= 15 is 0 Å². The molecule has 8 aromatic rings. The topological polar surface area (TPSA) is 16.4 Å². The summed E-state index contributed by atoms with van der Waals surface area (Å²) < 4.78 is 7.20. The molecular formula is C61H63NO. The van der Waals surface area contributed by atoms with Gasteiger partial charge in [-0.05, 0) is 121 Å². The molecule has 10 rings (SSSR count). The van der Waals surface area contributed by atoms with E-state index in [1.165, 1.54) is 72.1 Å². The van der Waals surface area contributed by atoms with Gasteiger partial charge in [-0.3, -0.25) is 0 Å². The highest BCUT2D eigenvalue weighted by Gasteiger charge is 2.39. The fraction of sp³-hybridized carbons (Fsp3) is 0.311. The predicted molar refractivity (Wildman–Crippen MR) is 270 cm³/mol. The molecule has 0 N–H and O–H groups in total. The van der Waals surface area contributed by atoms with Crippen LogP contribution in [0.2, 0.25) is 0 Å². The van der Waals surface area contributed by atoms with Crippen LogP contribution in [0.5, 0.6) is 0 Å². The highest BCUT2D eigenvalue weighted by molar-refractivity contribution is 6.12. The molecule has 0 amide bonds. The van der Waals surface area contributed by atoms with E-state index in [9.17, 15) is 0 Å². The molecule has 0 saturated carbocycles. The summed E-state index contributed by atoms with van der Waals surface area (Å²) in [6.07, 6.45) is 0. The first-order chi connectivity index (χ1) is 29.5. The van der Waals surface area contributed by atoms with Gasteiger partial charge in [-0.15, -0.1) is 0 Å². The van der Waals surface area contributed by atoms with Crippen molar-refractivity contribution in [1.82, 2.24) is 0 Å². The molecule has 63 heavy (non-hydrogen) atoms. The van der Waals surface area contributed by atoms with E-state index in [1.54, 1.807) is 0 Å². The van der Waals surface area contributed by atoms with Crippen LogP contribution in [0, 0.1) is 6.92 Å². The van der Waals surface area contributed by atoms with E-state index in [2.05, 4.69) is 229 Å². The van der Waals surface area contributed by atoms with Gasteiger partial charge in [-0.2, -0.15) is 0 Å². The maximum Gasteiger partial charge on any atom is 0.143 e. The Labute approximate surface area is 376 Å². The van der Waals surface area contributed by atoms with Crippen LogP contribution >= 0.6 is 0 Å². The molecule has 2 nitrogen and oxygen atoms in total. The van der Waals surface area contributed by atoms with Crippen LogP contribution in [0.4, 0.5) is 17.1 Å².